The summed E-state index contributed by atoms with van der Waals surface area (Å²) >= 11 is 3.08. The van der Waals surface area contributed by atoms with Gasteiger partial charge in [-0.2, -0.15) is 0 Å². The zero-order valence-corrected chi connectivity index (χ0v) is 15.6. The third-order valence-corrected chi connectivity index (χ3v) is 5.90. The summed E-state index contributed by atoms with van der Waals surface area (Å²) in [6.45, 7) is 1.90. The number of hydrogen-bond acceptors (Lipinski definition) is 5. The van der Waals surface area contributed by atoms with Gasteiger partial charge < -0.3 is 9.73 Å². The summed E-state index contributed by atoms with van der Waals surface area (Å²) in [7, 11) is 0. The predicted octanol–water partition coefficient (Wildman–Crippen LogP) is 5.29. The molecule has 0 fully saturated rings. The van der Waals surface area contributed by atoms with Gasteiger partial charge in [-0.15, -0.1) is 22.7 Å². The highest BCUT2D eigenvalue weighted by Crippen LogP contribution is 2.30. The Morgan fingerprint density at radius 1 is 1.12 bits per heavy atom. The molecule has 3 heterocycles. The maximum atomic E-state index is 12.9. The van der Waals surface area contributed by atoms with Crippen molar-refractivity contribution in [1.82, 2.24) is 10.3 Å². The number of aromatic nitrogens is 1. The van der Waals surface area contributed by atoms with Crippen LogP contribution in [0.15, 0.2) is 70.7 Å². The molecular formula is C20H16N2O2S2. The van der Waals surface area contributed by atoms with Crippen LogP contribution in [0.5, 0.6) is 0 Å². The Labute approximate surface area is 159 Å². The molecule has 0 aliphatic heterocycles. The zero-order valence-electron chi connectivity index (χ0n) is 14.0. The Hall–Kier alpha value is -2.70. The summed E-state index contributed by atoms with van der Waals surface area (Å²) in [5, 5.41) is 5.86. The molecule has 4 nitrogen and oxygen atoms in total. The van der Waals surface area contributed by atoms with E-state index in [0.29, 0.717) is 16.5 Å². The van der Waals surface area contributed by atoms with Gasteiger partial charge in [0.15, 0.2) is 10.8 Å². The number of nitrogens with one attached hydrogen (secondary N) is 1. The Kier molecular flexibility index (Phi) is 4.69. The molecule has 1 atom stereocenters. The molecule has 0 spiro atoms. The second-order valence-electron chi connectivity index (χ2n) is 5.73. The van der Waals surface area contributed by atoms with Crippen LogP contribution in [0.1, 0.15) is 31.8 Å². The molecule has 0 bridgehead atoms. The number of carbonyl (C=O) groups is 1. The van der Waals surface area contributed by atoms with Crippen molar-refractivity contribution in [3.05, 3.63) is 87.3 Å². The predicted molar refractivity (Wildman–Crippen MR) is 105 cm³/mol. The lowest BCUT2D eigenvalue weighted by atomic mass is 10.1. The molecule has 0 saturated heterocycles. The van der Waals surface area contributed by atoms with E-state index in [1.165, 1.54) is 11.3 Å². The van der Waals surface area contributed by atoms with Crippen molar-refractivity contribution in [2.24, 2.45) is 0 Å². The molecule has 3 aromatic heterocycles. The number of nitrogens with zero attached hydrogens (tertiary/aromatic N) is 1. The highest BCUT2D eigenvalue weighted by Gasteiger charge is 2.23. The van der Waals surface area contributed by atoms with Gasteiger partial charge in [0.1, 0.15) is 5.69 Å². The maximum absolute atomic E-state index is 12.9. The molecule has 0 saturated carbocycles. The van der Waals surface area contributed by atoms with E-state index in [0.717, 1.165) is 15.3 Å². The number of rotatable bonds is 5. The first-order valence-electron chi connectivity index (χ1n) is 8.13. The first-order chi connectivity index (χ1) is 12.7. The third-order valence-electron chi connectivity index (χ3n) is 3.98. The number of carbonyl (C=O) groups excluding carboxylic acids is 1. The SMILES string of the molecule is Cc1sc(-c2ccco2)nc1C(=O)N[C@@H](c1ccccc1)c1cccs1. The first-order valence-corrected chi connectivity index (χ1v) is 9.82. The van der Waals surface area contributed by atoms with Crippen LogP contribution in [0.2, 0.25) is 0 Å². The lowest BCUT2D eigenvalue weighted by Crippen LogP contribution is -2.29. The fourth-order valence-electron chi connectivity index (χ4n) is 2.73. The smallest absolute Gasteiger partial charge is 0.271 e. The molecule has 1 aromatic carbocycles. The number of aryl methyl sites for hydroxylation is 1. The van der Waals surface area contributed by atoms with E-state index in [2.05, 4.69) is 10.3 Å². The van der Waals surface area contributed by atoms with Crippen molar-refractivity contribution in [2.75, 3.05) is 0 Å². The van der Waals surface area contributed by atoms with Crippen LogP contribution in [0.4, 0.5) is 0 Å². The quantitative estimate of drug-likeness (QED) is 0.512. The monoisotopic (exact) mass is 380 g/mol. The lowest BCUT2D eigenvalue weighted by molar-refractivity contribution is 0.0938. The van der Waals surface area contributed by atoms with Crippen LogP contribution in [-0.4, -0.2) is 10.9 Å². The van der Waals surface area contributed by atoms with E-state index in [1.54, 1.807) is 17.6 Å². The summed E-state index contributed by atoms with van der Waals surface area (Å²) in [6.07, 6.45) is 1.61. The second kappa shape index (κ2) is 7.27. The summed E-state index contributed by atoms with van der Waals surface area (Å²) in [5.41, 5.74) is 1.49. The molecule has 0 unspecified atom stereocenters. The van der Waals surface area contributed by atoms with E-state index >= 15 is 0 Å². The highest BCUT2D eigenvalue weighted by molar-refractivity contribution is 7.15. The Bertz CT molecular complexity index is 990. The van der Waals surface area contributed by atoms with E-state index in [1.807, 2.05) is 66.9 Å². The maximum Gasteiger partial charge on any atom is 0.271 e. The van der Waals surface area contributed by atoms with Crippen LogP contribution in [0, 0.1) is 6.92 Å². The minimum Gasteiger partial charge on any atom is -0.462 e. The van der Waals surface area contributed by atoms with Gasteiger partial charge in [0, 0.05) is 9.75 Å². The van der Waals surface area contributed by atoms with Gasteiger partial charge in [0.2, 0.25) is 0 Å². The van der Waals surface area contributed by atoms with Gasteiger partial charge in [-0.1, -0.05) is 36.4 Å². The number of thiophene rings is 1. The third kappa shape index (κ3) is 3.34. The minimum absolute atomic E-state index is 0.182. The van der Waals surface area contributed by atoms with Crippen molar-refractivity contribution in [2.45, 2.75) is 13.0 Å². The van der Waals surface area contributed by atoms with Gasteiger partial charge in [-0.05, 0) is 36.1 Å². The second-order valence-corrected chi connectivity index (χ2v) is 7.92. The average molecular weight is 380 g/mol. The summed E-state index contributed by atoms with van der Waals surface area (Å²) in [4.78, 5) is 19.4. The van der Waals surface area contributed by atoms with Crippen LogP contribution in [-0.2, 0) is 0 Å². The highest BCUT2D eigenvalue weighted by atomic mass is 32.1. The van der Waals surface area contributed by atoms with Crippen molar-refractivity contribution in [3.8, 4) is 10.8 Å². The van der Waals surface area contributed by atoms with Crippen molar-refractivity contribution in [3.63, 3.8) is 0 Å². The van der Waals surface area contributed by atoms with Gasteiger partial charge in [-0.3, -0.25) is 4.79 Å². The Morgan fingerprint density at radius 2 is 1.96 bits per heavy atom. The molecule has 0 aliphatic rings. The largest absolute Gasteiger partial charge is 0.462 e. The van der Waals surface area contributed by atoms with Gasteiger partial charge >= 0.3 is 0 Å². The normalized spacial score (nSPS) is 12.0. The van der Waals surface area contributed by atoms with E-state index < -0.39 is 0 Å². The molecule has 1 amide bonds. The van der Waals surface area contributed by atoms with Crippen molar-refractivity contribution >= 4 is 28.6 Å². The standard InChI is InChI=1S/C20H16N2O2S2/c1-13-17(22-20(26-13)15-9-5-11-24-15)19(23)21-18(16-10-6-12-25-16)14-7-3-2-4-8-14/h2-12,18H,1H3,(H,21,23)/t18-/m0/s1. The molecule has 0 radical (unpaired) electrons. The van der Waals surface area contributed by atoms with Crippen LogP contribution < -0.4 is 5.32 Å². The molecule has 0 aliphatic carbocycles. The van der Waals surface area contributed by atoms with E-state index in [-0.39, 0.29) is 11.9 Å². The molecule has 26 heavy (non-hydrogen) atoms. The topological polar surface area (TPSA) is 55.1 Å². The van der Waals surface area contributed by atoms with Crippen molar-refractivity contribution < 1.29 is 9.21 Å². The van der Waals surface area contributed by atoms with E-state index in [4.69, 9.17) is 4.42 Å². The van der Waals surface area contributed by atoms with Crippen LogP contribution in [0.3, 0.4) is 0 Å². The van der Waals surface area contributed by atoms with Crippen molar-refractivity contribution in [1.29, 1.82) is 0 Å². The van der Waals surface area contributed by atoms with Gasteiger partial charge in [0.05, 0.1) is 12.3 Å². The van der Waals surface area contributed by atoms with Crippen LogP contribution >= 0.6 is 22.7 Å². The molecule has 4 aromatic rings. The fraction of sp³-hybridized carbons (Fsp3) is 0.100. The Morgan fingerprint density at radius 3 is 2.65 bits per heavy atom. The number of amides is 1. The number of thiazole rings is 1. The lowest BCUT2D eigenvalue weighted by Gasteiger charge is -2.17. The summed E-state index contributed by atoms with van der Waals surface area (Å²) in [5.74, 6) is 0.494. The first kappa shape index (κ1) is 16.8. The van der Waals surface area contributed by atoms with E-state index in [9.17, 15) is 4.79 Å². The molecule has 130 valence electrons. The fourth-order valence-corrected chi connectivity index (χ4v) is 4.41. The summed E-state index contributed by atoms with van der Waals surface area (Å²) < 4.78 is 5.39. The minimum atomic E-state index is -0.197. The number of furan rings is 1. The van der Waals surface area contributed by atoms with Gasteiger partial charge in [-0.25, -0.2) is 4.98 Å². The Balaban J connectivity index is 1.63. The molecule has 1 N–H and O–H groups in total. The number of benzene rings is 1. The summed E-state index contributed by atoms with van der Waals surface area (Å²) in [6, 6.07) is 17.5. The molecular weight excluding hydrogens is 364 g/mol. The zero-order chi connectivity index (χ0) is 17.9. The molecule has 6 heteroatoms. The average Bonchev–Trinajstić information content (AvgIpc) is 3.41. The van der Waals surface area contributed by atoms with Crippen LogP contribution in [0.25, 0.3) is 10.8 Å². The number of hydrogen-bond donors (Lipinski definition) is 1. The molecule has 4 rings (SSSR count). The van der Waals surface area contributed by atoms with Gasteiger partial charge in [0.25, 0.3) is 5.91 Å².